The van der Waals surface area contributed by atoms with Crippen molar-refractivity contribution in [2.75, 3.05) is 51.7 Å². The molecule has 0 aromatic heterocycles. The number of anilines is 1. The zero-order valence-corrected chi connectivity index (χ0v) is 27.8. The van der Waals surface area contributed by atoms with Gasteiger partial charge in [0.15, 0.2) is 11.2 Å². The van der Waals surface area contributed by atoms with Crippen molar-refractivity contribution in [2.24, 2.45) is 5.92 Å². The average molecular weight is 650 g/mol. The fraction of sp³-hybridized carbons (Fsp3) is 0.514. The summed E-state index contributed by atoms with van der Waals surface area (Å²) in [5.74, 6) is 0.272. The number of piperazine rings is 1. The maximum atomic E-state index is 14.0. The molecule has 0 radical (unpaired) electrons. The Morgan fingerprint density at radius 2 is 1.63 bits per heavy atom. The minimum Gasteiger partial charge on any atom is -0.412 e. The van der Waals surface area contributed by atoms with Crippen LogP contribution in [0.15, 0.2) is 48.0 Å². The van der Waals surface area contributed by atoms with E-state index < -0.39 is 11.2 Å². The zero-order valence-electron chi connectivity index (χ0n) is 27.0. The first kappa shape index (κ1) is 32.4. The van der Waals surface area contributed by atoms with Crippen LogP contribution < -0.4 is 9.62 Å². The van der Waals surface area contributed by atoms with Crippen LogP contribution in [0.2, 0.25) is 0 Å². The second kappa shape index (κ2) is 12.2. The summed E-state index contributed by atoms with van der Waals surface area (Å²) in [5, 5.41) is 0. The fourth-order valence-electron chi connectivity index (χ4n) is 8.90. The van der Waals surface area contributed by atoms with Crippen molar-refractivity contribution in [3.05, 3.63) is 70.3 Å². The van der Waals surface area contributed by atoms with Gasteiger partial charge in [-0.25, -0.2) is 8.51 Å². The molecule has 1 saturated heterocycles. The van der Waals surface area contributed by atoms with Crippen molar-refractivity contribution < 1.29 is 25.5 Å². The molecule has 5 aliphatic rings. The van der Waals surface area contributed by atoms with E-state index in [1.807, 2.05) is 17.0 Å². The minimum atomic E-state index is -1.62. The predicted octanol–water partition coefficient (Wildman–Crippen LogP) is 3.39. The lowest BCUT2D eigenvalue weighted by Crippen LogP contribution is -2.50. The van der Waals surface area contributed by atoms with Gasteiger partial charge in [-0.1, -0.05) is 49.6 Å². The lowest BCUT2D eigenvalue weighted by atomic mass is 9.71. The zero-order chi connectivity index (χ0) is 31.5. The van der Waals surface area contributed by atoms with E-state index >= 15 is 0 Å². The molecule has 248 valence electrons. The van der Waals surface area contributed by atoms with E-state index in [0.717, 1.165) is 23.2 Å². The van der Waals surface area contributed by atoms with Crippen molar-refractivity contribution in [3.63, 3.8) is 0 Å². The van der Waals surface area contributed by atoms with Crippen molar-refractivity contribution in [2.45, 2.75) is 62.8 Å². The third kappa shape index (κ3) is 4.98. The highest BCUT2D eigenvalue weighted by atomic mass is 32.2. The highest BCUT2D eigenvalue weighted by Crippen LogP contribution is 2.78. The van der Waals surface area contributed by atoms with Gasteiger partial charge in [0.25, 0.3) is 5.91 Å². The Kier molecular flexibility index (Phi) is 8.62. The molecule has 1 spiro atoms. The maximum Gasteiger partial charge on any atom is 0.264 e. The second-order valence-electron chi connectivity index (χ2n) is 13.5. The highest BCUT2D eigenvalue weighted by Gasteiger charge is 2.78. The predicted molar refractivity (Wildman–Crippen MR) is 181 cm³/mol. The van der Waals surface area contributed by atoms with Gasteiger partial charge >= 0.3 is 0 Å². The van der Waals surface area contributed by atoms with Crippen LogP contribution in [0.1, 0.15) is 80.3 Å². The Hall–Kier alpha value is -3.54. The van der Waals surface area contributed by atoms with Gasteiger partial charge in [-0.15, -0.1) is 0 Å². The van der Waals surface area contributed by atoms with Crippen LogP contribution in [-0.4, -0.2) is 88.3 Å². The van der Waals surface area contributed by atoms with E-state index in [1.165, 1.54) is 47.5 Å². The van der Waals surface area contributed by atoms with E-state index in [9.17, 15) is 18.6 Å². The summed E-state index contributed by atoms with van der Waals surface area (Å²) in [6.45, 7) is 4.42. The number of fused-ring (bicyclic) bond motifs is 4. The van der Waals surface area contributed by atoms with E-state index in [4.69, 9.17) is 0 Å². The largest absolute Gasteiger partial charge is 0.412 e. The van der Waals surface area contributed by atoms with Gasteiger partial charge in [0.2, 0.25) is 11.8 Å². The molecule has 11 heteroatoms. The standard InChI is InChI=1S/C35H43N5O4S.H2O.H2/c1-24(41)38-17-19-39(20-18-38)33(43)27-15-16-40-31-22-26(32(42)36-45(44)37(2)3)13-14-30(31)34(28-10-5-4-6-11-28)23-35(34,40)29-12-8-7-9-25(29)21-27;;/h7-9,12-14,21-22,28H,4-6,10-11,15-20,23H2,1-3H3,(H,36,42);1H2;1H/b27-21+;;. The number of hydrogen-bond acceptors (Lipinski definition) is 5. The molecule has 0 bridgehead atoms. The van der Waals surface area contributed by atoms with Crippen molar-refractivity contribution in [1.82, 2.24) is 18.8 Å². The molecule has 3 amide bonds. The molecule has 46 heavy (non-hydrogen) atoms. The summed E-state index contributed by atoms with van der Waals surface area (Å²) in [6.07, 6.45) is 9.92. The Labute approximate surface area is 275 Å². The normalized spacial score (nSPS) is 27.0. The van der Waals surface area contributed by atoms with Crippen LogP contribution in [0, 0.1) is 5.92 Å². The first-order chi connectivity index (χ1) is 21.7. The van der Waals surface area contributed by atoms with Crippen molar-refractivity contribution >= 4 is 40.7 Å². The van der Waals surface area contributed by atoms with Crippen LogP contribution in [0.25, 0.3) is 6.08 Å². The topological polar surface area (TPSA) is 125 Å². The monoisotopic (exact) mass is 649 g/mol. The van der Waals surface area contributed by atoms with Crippen LogP contribution in [0.4, 0.5) is 5.69 Å². The lowest BCUT2D eigenvalue weighted by molar-refractivity contribution is -0.136. The number of rotatable bonds is 5. The average Bonchev–Trinajstić information content (AvgIpc) is 3.69. The van der Waals surface area contributed by atoms with Crippen LogP contribution >= 0.6 is 0 Å². The summed E-state index contributed by atoms with van der Waals surface area (Å²) < 4.78 is 16.5. The molecule has 2 aliphatic carbocycles. The number of nitrogens with zero attached hydrogens (tertiary/aromatic N) is 4. The quantitative estimate of drug-likeness (QED) is 0.532. The number of amides is 3. The molecule has 10 nitrogen and oxygen atoms in total. The van der Waals surface area contributed by atoms with Gasteiger partial charge in [-0.05, 0) is 66.5 Å². The number of hydrogen-bond donors (Lipinski definition) is 1. The van der Waals surface area contributed by atoms with Gasteiger partial charge in [0, 0.05) is 77.4 Å². The first-order valence-corrected chi connectivity index (χ1v) is 17.5. The second-order valence-corrected chi connectivity index (χ2v) is 15.0. The SMILES string of the molecule is CC(=O)N1CCN(C(=O)/C2=C/c3ccccc3C34CC3(C3CCCCC3)c3ccc(C(=O)NS(=O)N(C)C)cc3N4CC2)CC1.O.[HH]. The molecule has 3 N–H and O–H groups in total. The van der Waals surface area contributed by atoms with E-state index in [0.29, 0.717) is 50.6 Å². The Morgan fingerprint density at radius 1 is 0.935 bits per heavy atom. The highest BCUT2D eigenvalue weighted by molar-refractivity contribution is 7.81. The van der Waals surface area contributed by atoms with Gasteiger partial charge in [0.1, 0.15) is 0 Å². The number of carbonyl (C=O) groups excluding carboxylic acids is 3. The van der Waals surface area contributed by atoms with Crippen LogP contribution in [-0.2, 0) is 31.7 Å². The molecule has 2 aromatic carbocycles. The lowest BCUT2D eigenvalue weighted by Gasteiger charge is -2.38. The molecule has 3 fully saturated rings. The fourth-order valence-corrected chi connectivity index (χ4v) is 9.36. The molecule has 2 saturated carbocycles. The van der Waals surface area contributed by atoms with E-state index in [1.54, 1.807) is 25.9 Å². The molecule has 3 atom stereocenters. The number of carbonyl (C=O) groups is 3. The van der Waals surface area contributed by atoms with Gasteiger partial charge in [-0.2, -0.15) is 0 Å². The Bertz CT molecular complexity index is 1620. The summed E-state index contributed by atoms with van der Waals surface area (Å²) in [6, 6.07) is 14.6. The van der Waals surface area contributed by atoms with Crippen LogP contribution in [0.5, 0.6) is 0 Å². The molecule has 7 rings (SSSR count). The molecule has 2 aromatic rings. The maximum absolute atomic E-state index is 14.0. The van der Waals surface area contributed by atoms with Crippen LogP contribution in [0.3, 0.4) is 0 Å². The minimum absolute atomic E-state index is 0. The van der Waals surface area contributed by atoms with Gasteiger partial charge in [0.05, 0.1) is 5.54 Å². The van der Waals surface area contributed by atoms with E-state index in [2.05, 4.69) is 46.0 Å². The molecule has 3 unspecified atom stereocenters. The summed E-state index contributed by atoms with van der Waals surface area (Å²) in [4.78, 5) is 45.4. The number of benzene rings is 2. The number of nitrogens with one attached hydrogen (secondary N) is 1. The molecule has 3 heterocycles. The summed E-state index contributed by atoms with van der Waals surface area (Å²) in [7, 11) is 3.33. The van der Waals surface area contributed by atoms with E-state index in [-0.39, 0.29) is 35.6 Å². The van der Waals surface area contributed by atoms with Crippen molar-refractivity contribution in [3.8, 4) is 0 Å². The molecular weight excluding hydrogens is 602 g/mol. The third-order valence-corrected chi connectivity index (χ3v) is 12.1. The Morgan fingerprint density at radius 3 is 2.33 bits per heavy atom. The molecule has 3 aliphatic heterocycles. The third-order valence-electron chi connectivity index (χ3n) is 11.1. The smallest absolute Gasteiger partial charge is 0.264 e. The van der Waals surface area contributed by atoms with Gasteiger partial charge < -0.3 is 20.2 Å². The van der Waals surface area contributed by atoms with Gasteiger partial charge in [-0.3, -0.25) is 19.1 Å². The summed E-state index contributed by atoms with van der Waals surface area (Å²) in [5.41, 5.74) is 5.73. The molecular formula is C35H47N5O5S. The first-order valence-electron chi connectivity index (χ1n) is 16.3. The Balaban J connectivity index is 0.00000217. The summed E-state index contributed by atoms with van der Waals surface area (Å²) >= 11 is -1.62. The van der Waals surface area contributed by atoms with Crippen molar-refractivity contribution in [1.29, 1.82) is 0 Å².